The summed E-state index contributed by atoms with van der Waals surface area (Å²) in [5, 5.41) is 28.2. The second kappa shape index (κ2) is 13.7. The number of carbonyl (C=O) groups is 1. The molecule has 1 aliphatic rings. The van der Waals surface area contributed by atoms with Crippen LogP contribution in [0.3, 0.4) is 0 Å². The second-order valence-corrected chi connectivity index (χ2v) is 12.0. The third-order valence-corrected chi connectivity index (χ3v) is 8.30. The summed E-state index contributed by atoms with van der Waals surface area (Å²) in [6.07, 6.45) is 2.68. The molecule has 1 unspecified atom stereocenters. The predicted molar refractivity (Wildman–Crippen MR) is 146 cm³/mol. The van der Waals surface area contributed by atoms with Crippen molar-refractivity contribution in [1.82, 2.24) is 24.4 Å². The van der Waals surface area contributed by atoms with Crippen molar-refractivity contribution in [3.05, 3.63) is 60.4 Å². The van der Waals surface area contributed by atoms with Crippen molar-refractivity contribution in [1.29, 1.82) is 0 Å². The molecule has 0 saturated heterocycles. The van der Waals surface area contributed by atoms with Gasteiger partial charge in [0.05, 0.1) is 36.5 Å². The number of benzene rings is 2. The van der Waals surface area contributed by atoms with Gasteiger partial charge < -0.3 is 19.3 Å². The van der Waals surface area contributed by atoms with E-state index in [9.17, 15) is 23.5 Å². The molecule has 1 aliphatic heterocycles. The zero-order valence-electron chi connectivity index (χ0n) is 23.0. The van der Waals surface area contributed by atoms with Gasteiger partial charge in [0.15, 0.2) is 11.5 Å². The highest BCUT2D eigenvalue weighted by atomic mass is 32.2. The Morgan fingerprint density at radius 1 is 1.10 bits per heavy atom. The van der Waals surface area contributed by atoms with Crippen LogP contribution in [0, 0.1) is 5.92 Å². The summed E-state index contributed by atoms with van der Waals surface area (Å²) in [7, 11) is -3.94. The highest BCUT2D eigenvalue weighted by molar-refractivity contribution is 7.89. The van der Waals surface area contributed by atoms with E-state index in [4.69, 9.17) is 14.2 Å². The van der Waals surface area contributed by atoms with Crippen molar-refractivity contribution >= 4 is 16.1 Å². The van der Waals surface area contributed by atoms with Crippen molar-refractivity contribution in [2.45, 2.75) is 50.6 Å². The number of hydroxylamine groups is 2. The van der Waals surface area contributed by atoms with Crippen LogP contribution in [0.4, 0.5) is 4.79 Å². The molecule has 1 aromatic heterocycles. The van der Waals surface area contributed by atoms with Crippen LogP contribution in [0.5, 0.6) is 17.2 Å². The third-order valence-electron chi connectivity index (χ3n) is 6.44. The van der Waals surface area contributed by atoms with Gasteiger partial charge in [-0.3, -0.25) is 5.21 Å². The molecule has 0 spiro atoms. The number of carboxylic acid groups (broad SMARTS) is 1. The Hall–Kier alpha value is -3.88. The summed E-state index contributed by atoms with van der Waals surface area (Å²) < 4.78 is 44.8. The van der Waals surface area contributed by atoms with Crippen LogP contribution >= 0.6 is 0 Å². The number of fused-ring (bicyclic) bond motifs is 1. The maximum absolute atomic E-state index is 13.6. The summed E-state index contributed by atoms with van der Waals surface area (Å²) in [5.41, 5.74) is 0.762. The number of sulfonamides is 1. The van der Waals surface area contributed by atoms with E-state index in [0.29, 0.717) is 30.4 Å². The first-order valence-corrected chi connectivity index (χ1v) is 14.7. The van der Waals surface area contributed by atoms with Crippen LogP contribution in [-0.4, -0.2) is 81.7 Å². The van der Waals surface area contributed by atoms with Gasteiger partial charge in [0.25, 0.3) is 0 Å². The number of rotatable bonds is 15. The Bertz CT molecular complexity index is 1380. The predicted octanol–water partition coefficient (Wildman–Crippen LogP) is 3.49. The lowest BCUT2D eigenvalue weighted by Gasteiger charge is -2.28. The third kappa shape index (κ3) is 8.08. The minimum Gasteiger partial charge on any atom is -0.494 e. The van der Waals surface area contributed by atoms with E-state index in [-0.39, 0.29) is 48.6 Å². The topological polar surface area (TPSA) is 157 Å². The molecule has 13 nitrogen and oxygen atoms in total. The van der Waals surface area contributed by atoms with Crippen molar-refractivity contribution in [3.8, 4) is 17.2 Å². The number of nitrogens with zero attached hydrogens (tertiary/aromatic N) is 5. The average Bonchev–Trinajstić information content (AvgIpc) is 3.64. The van der Waals surface area contributed by atoms with Gasteiger partial charge in [0.1, 0.15) is 5.75 Å². The molecule has 41 heavy (non-hydrogen) atoms. The van der Waals surface area contributed by atoms with Gasteiger partial charge in [-0.1, -0.05) is 26.0 Å². The van der Waals surface area contributed by atoms with Crippen LogP contribution in [0.1, 0.15) is 32.3 Å². The number of ether oxygens (including phenoxy) is 3. The van der Waals surface area contributed by atoms with Gasteiger partial charge in [0.2, 0.25) is 16.8 Å². The largest absolute Gasteiger partial charge is 0.494 e. The van der Waals surface area contributed by atoms with Gasteiger partial charge in [-0.05, 0) is 48.6 Å². The number of hydrogen-bond acceptors (Lipinski definition) is 9. The van der Waals surface area contributed by atoms with Gasteiger partial charge in [0, 0.05) is 25.6 Å². The summed E-state index contributed by atoms with van der Waals surface area (Å²) >= 11 is 0. The second-order valence-electron chi connectivity index (χ2n) is 10.0. The monoisotopic (exact) mass is 589 g/mol. The zero-order valence-corrected chi connectivity index (χ0v) is 23.8. The van der Waals surface area contributed by atoms with E-state index in [0.717, 1.165) is 12.0 Å². The van der Waals surface area contributed by atoms with E-state index in [1.165, 1.54) is 16.4 Å². The van der Waals surface area contributed by atoms with Gasteiger partial charge in [-0.25, -0.2) is 13.2 Å². The van der Waals surface area contributed by atoms with E-state index < -0.39 is 22.2 Å². The molecule has 0 bridgehead atoms. The fourth-order valence-electron chi connectivity index (χ4n) is 4.41. The first-order chi connectivity index (χ1) is 19.6. The SMILES string of the molecule is CC(C)CN(CCC(Cc1ccc(OCCCn2nccn2)cc1)N(O)C(=O)O)S(=O)(=O)c1ccc2c(c1)OCO2. The number of aromatic nitrogens is 3. The Morgan fingerprint density at radius 2 is 1.80 bits per heavy atom. The molecule has 2 N–H and O–H groups in total. The molecule has 0 fully saturated rings. The molecule has 2 aromatic carbocycles. The molecule has 4 rings (SSSR count). The summed E-state index contributed by atoms with van der Waals surface area (Å²) in [6.45, 7) is 5.12. The van der Waals surface area contributed by atoms with E-state index >= 15 is 0 Å². The normalized spacial score (nSPS) is 13.5. The maximum atomic E-state index is 13.6. The van der Waals surface area contributed by atoms with E-state index in [1.807, 2.05) is 13.8 Å². The molecule has 14 heteroatoms. The van der Waals surface area contributed by atoms with Gasteiger partial charge in [-0.2, -0.15) is 24.4 Å². The average molecular weight is 590 g/mol. The first kappa shape index (κ1) is 30.1. The molecule has 222 valence electrons. The lowest BCUT2D eigenvalue weighted by atomic mass is 10.0. The Labute approximate surface area is 238 Å². The number of hydrogen-bond donors (Lipinski definition) is 2. The Balaban J connectivity index is 1.40. The summed E-state index contributed by atoms with van der Waals surface area (Å²) in [6, 6.07) is 10.7. The van der Waals surface area contributed by atoms with Crippen LogP contribution in [0.25, 0.3) is 0 Å². The smallest absolute Gasteiger partial charge is 0.431 e. The standard InChI is InChI=1S/C27H35N5O8S/c1-20(2)18-30(41(36,37)24-8-9-25-26(17-24)40-19-39-25)14-10-22(32(35)27(33)34)16-21-4-6-23(7-5-21)38-15-3-13-31-28-11-12-29-31/h4-9,11-12,17,20,22,35H,3,10,13-16,18-19H2,1-2H3,(H,33,34). The van der Waals surface area contributed by atoms with Crippen LogP contribution < -0.4 is 14.2 Å². The minimum absolute atomic E-state index is 0.00370. The molecular weight excluding hydrogens is 554 g/mol. The first-order valence-electron chi connectivity index (χ1n) is 13.3. The van der Waals surface area contributed by atoms with Crippen molar-refractivity contribution in [2.24, 2.45) is 5.92 Å². The summed E-state index contributed by atoms with van der Waals surface area (Å²) in [4.78, 5) is 13.3. The Kier molecular flexibility index (Phi) is 10.0. The van der Waals surface area contributed by atoms with Crippen LogP contribution in [0.15, 0.2) is 59.8 Å². The molecule has 2 heterocycles. The van der Waals surface area contributed by atoms with Gasteiger partial charge >= 0.3 is 6.09 Å². The molecule has 0 radical (unpaired) electrons. The quantitative estimate of drug-likeness (QED) is 0.153. The minimum atomic E-state index is -3.94. The van der Waals surface area contributed by atoms with Gasteiger partial charge in [-0.15, -0.1) is 0 Å². The molecule has 0 aliphatic carbocycles. The number of amides is 1. The molecule has 1 atom stereocenters. The van der Waals surface area contributed by atoms with Crippen LogP contribution in [0.2, 0.25) is 0 Å². The fraction of sp³-hybridized carbons (Fsp3) is 0.444. The maximum Gasteiger partial charge on any atom is 0.431 e. The lowest BCUT2D eigenvalue weighted by molar-refractivity contribution is -0.0984. The zero-order chi connectivity index (χ0) is 29.4. The highest BCUT2D eigenvalue weighted by Crippen LogP contribution is 2.35. The molecular formula is C27H35N5O8S. The molecule has 3 aromatic rings. The van der Waals surface area contributed by atoms with Crippen LogP contribution in [-0.2, 0) is 23.0 Å². The Morgan fingerprint density at radius 3 is 2.49 bits per heavy atom. The highest BCUT2D eigenvalue weighted by Gasteiger charge is 2.30. The molecule has 0 saturated carbocycles. The summed E-state index contributed by atoms with van der Waals surface area (Å²) in [5.74, 6) is 1.48. The fourth-order valence-corrected chi connectivity index (χ4v) is 6.05. The molecule has 1 amide bonds. The van der Waals surface area contributed by atoms with Crippen molar-refractivity contribution < 1.29 is 37.7 Å². The van der Waals surface area contributed by atoms with E-state index in [2.05, 4.69) is 10.2 Å². The van der Waals surface area contributed by atoms with Crippen molar-refractivity contribution in [2.75, 3.05) is 26.5 Å². The van der Waals surface area contributed by atoms with E-state index in [1.54, 1.807) is 47.5 Å². The van der Waals surface area contributed by atoms with Crippen molar-refractivity contribution in [3.63, 3.8) is 0 Å². The lowest BCUT2D eigenvalue weighted by Crippen LogP contribution is -2.42. The number of aryl methyl sites for hydroxylation is 1.